The Labute approximate surface area is 177 Å². The maximum atomic E-state index is 11.5. The predicted molar refractivity (Wildman–Crippen MR) is 118 cm³/mol. The van der Waals surface area contributed by atoms with Gasteiger partial charge in [0.15, 0.2) is 0 Å². The van der Waals surface area contributed by atoms with Crippen LogP contribution in [-0.4, -0.2) is 38.4 Å². The van der Waals surface area contributed by atoms with E-state index >= 15 is 0 Å². The van der Waals surface area contributed by atoms with Crippen LogP contribution in [0.3, 0.4) is 0 Å². The maximum absolute atomic E-state index is 11.5. The molecule has 2 rings (SSSR count). The quantitative estimate of drug-likeness (QED) is 0.414. The minimum atomic E-state index is -0.223. The SMILES string of the molecule is CCNC(=O)Nc1ccc(OCCCCOc2ccc(NC(=O)NCC)cc2)cc1. The summed E-state index contributed by atoms with van der Waals surface area (Å²) in [4.78, 5) is 22.9. The summed E-state index contributed by atoms with van der Waals surface area (Å²) < 4.78 is 11.4. The molecule has 8 nitrogen and oxygen atoms in total. The predicted octanol–water partition coefficient (Wildman–Crippen LogP) is 4.21. The average molecular weight is 415 g/mol. The maximum Gasteiger partial charge on any atom is 0.319 e. The molecule has 0 unspecified atom stereocenters. The van der Waals surface area contributed by atoms with E-state index in [0.29, 0.717) is 37.7 Å². The number of ether oxygens (including phenoxy) is 2. The highest BCUT2D eigenvalue weighted by Crippen LogP contribution is 2.17. The molecule has 4 N–H and O–H groups in total. The van der Waals surface area contributed by atoms with Crippen LogP contribution in [0.25, 0.3) is 0 Å². The Morgan fingerprint density at radius 2 is 1.03 bits per heavy atom. The molecule has 0 radical (unpaired) electrons. The van der Waals surface area contributed by atoms with Crippen molar-refractivity contribution in [3.05, 3.63) is 48.5 Å². The van der Waals surface area contributed by atoms with Crippen LogP contribution in [0.4, 0.5) is 21.0 Å². The molecule has 4 amide bonds. The van der Waals surface area contributed by atoms with Gasteiger partial charge in [0.2, 0.25) is 0 Å². The summed E-state index contributed by atoms with van der Waals surface area (Å²) in [5.41, 5.74) is 1.43. The lowest BCUT2D eigenvalue weighted by Crippen LogP contribution is -2.28. The molecule has 162 valence electrons. The van der Waals surface area contributed by atoms with Crippen LogP contribution >= 0.6 is 0 Å². The number of nitrogens with one attached hydrogen (secondary N) is 4. The molecule has 0 saturated carbocycles. The van der Waals surface area contributed by atoms with Crippen molar-refractivity contribution in [2.75, 3.05) is 36.9 Å². The van der Waals surface area contributed by atoms with Crippen molar-refractivity contribution in [1.82, 2.24) is 10.6 Å². The van der Waals surface area contributed by atoms with Crippen LogP contribution in [0.5, 0.6) is 11.5 Å². The van der Waals surface area contributed by atoms with Gasteiger partial charge in [0.1, 0.15) is 11.5 Å². The third-order valence-electron chi connectivity index (χ3n) is 3.98. The Balaban J connectivity index is 1.59. The number of hydrogen-bond acceptors (Lipinski definition) is 4. The molecule has 2 aromatic rings. The molecule has 0 saturated heterocycles. The first-order valence-electron chi connectivity index (χ1n) is 10.2. The van der Waals surface area contributed by atoms with Gasteiger partial charge >= 0.3 is 12.1 Å². The minimum absolute atomic E-state index is 0.223. The van der Waals surface area contributed by atoms with E-state index in [1.807, 2.05) is 38.1 Å². The van der Waals surface area contributed by atoms with E-state index in [2.05, 4.69) is 21.3 Å². The Kier molecular flexibility index (Phi) is 9.85. The number of unbranched alkanes of at least 4 members (excludes halogenated alkanes) is 1. The van der Waals surface area contributed by atoms with Gasteiger partial charge in [0.05, 0.1) is 13.2 Å². The van der Waals surface area contributed by atoms with Crippen molar-refractivity contribution in [2.45, 2.75) is 26.7 Å². The summed E-state index contributed by atoms with van der Waals surface area (Å²) in [6.07, 6.45) is 1.71. The molecule has 0 aliphatic rings. The molecular formula is C22H30N4O4. The highest BCUT2D eigenvalue weighted by Gasteiger charge is 2.02. The van der Waals surface area contributed by atoms with E-state index in [0.717, 1.165) is 24.3 Å². The number of urea groups is 2. The van der Waals surface area contributed by atoms with Gasteiger partial charge < -0.3 is 30.7 Å². The van der Waals surface area contributed by atoms with Crippen LogP contribution in [0, 0.1) is 0 Å². The molecule has 30 heavy (non-hydrogen) atoms. The smallest absolute Gasteiger partial charge is 0.319 e. The minimum Gasteiger partial charge on any atom is -0.494 e. The second kappa shape index (κ2) is 12.9. The molecular weight excluding hydrogens is 384 g/mol. The fourth-order valence-electron chi connectivity index (χ4n) is 2.52. The molecule has 0 aliphatic heterocycles. The zero-order valence-corrected chi connectivity index (χ0v) is 17.5. The number of hydrogen-bond donors (Lipinski definition) is 4. The van der Waals surface area contributed by atoms with Gasteiger partial charge in [-0.3, -0.25) is 0 Å². The van der Waals surface area contributed by atoms with E-state index in [-0.39, 0.29) is 12.1 Å². The summed E-state index contributed by atoms with van der Waals surface area (Å²) in [5, 5.41) is 10.8. The van der Waals surface area contributed by atoms with E-state index in [4.69, 9.17) is 9.47 Å². The third kappa shape index (κ3) is 8.72. The summed E-state index contributed by atoms with van der Waals surface area (Å²) >= 11 is 0. The fraction of sp³-hybridized carbons (Fsp3) is 0.364. The van der Waals surface area contributed by atoms with Crippen molar-refractivity contribution >= 4 is 23.4 Å². The Hall–Kier alpha value is -3.42. The van der Waals surface area contributed by atoms with Crippen molar-refractivity contribution in [2.24, 2.45) is 0 Å². The van der Waals surface area contributed by atoms with Gasteiger partial charge in [-0.1, -0.05) is 0 Å². The lowest BCUT2D eigenvalue weighted by molar-refractivity contribution is 0.251. The first kappa shape index (κ1) is 22.9. The average Bonchev–Trinajstić information content (AvgIpc) is 2.73. The van der Waals surface area contributed by atoms with Gasteiger partial charge in [-0.2, -0.15) is 0 Å². The molecule has 0 atom stereocenters. The normalized spacial score (nSPS) is 10.1. The van der Waals surface area contributed by atoms with Gasteiger partial charge in [0, 0.05) is 24.5 Å². The number of carbonyl (C=O) groups excluding carboxylic acids is 2. The van der Waals surface area contributed by atoms with Crippen molar-refractivity contribution < 1.29 is 19.1 Å². The lowest BCUT2D eigenvalue weighted by atomic mass is 10.3. The second-order valence-corrected chi connectivity index (χ2v) is 6.42. The van der Waals surface area contributed by atoms with Gasteiger partial charge in [-0.25, -0.2) is 9.59 Å². The molecule has 0 bridgehead atoms. The number of carbonyl (C=O) groups is 2. The molecule has 2 aromatic carbocycles. The Morgan fingerprint density at radius 3 is 1.37 bits per heavy atom. The summed E-state index contributed by atoms with van der Waals surface area (Å²) in [7, 11) is 0. The summed E-state index contributed by atoms with van der Waals surface area (Å²) in [6.45, 7) is 6.06. The third-order valence-corrected chi connectivity index (χ3v) is 3.98. The molecule has 0 fully saturated rings. The van der Waals surface area contributed by atoms with Crippen molar-refractivity contribution in [3.63, 3.8) is 0 Å². The Morgan fingerprint density at radius 1 is 0.667 bits per heavy atom. The number of anilines is 2. The first-order valence-corrected chi connectivity index (χ1v) is 10.2. The first-order chi connectivity index (χ1) is 14.6. The highest BCUT2D eigenvalue weighted by atomic mass is 16.5. The number of amides is 4. The molecule has 0 heterocycles. The lowest BCUT2D eigenvalue weighted by Gasteiger charge is -2.10. The van der Waals surface area contributed by atoms with Crippen molar-refractivity contribution in [1.29, 1.82) is 0 Å². The molecule has 0 aliphatic carbocycles. The largest absolute Gasteiger partial charge is 0.494 e. The monoisotopic (exact) mass is 414 g/mol. The van der Waals surface area contributed by atoms with Crippen molar-refractivity contribution in [3.8, 4) is 11.5 Å². The second-order valence-electron chi connectivity index (χ2n) is 6.42. The zero-order chi connectivity index (χ0) is 21.6. The number of benzene rings is 2. The van der Waals surface area contributed by atoms with E-state index in [9.17, 15) is 9.59 Å². The molecule has 8 heteroatoms. The number of rotatable bonds is 11. The van der Waals surface area contributed by atoms with E-state index in [1.165, 1.54) is 0 Å². The molecule has 0 aromatic heterocycles. The van der Waals surface area contributed by atoms with E-state index < -0.39 is 0 Å². The zero-order valence-electron chi connectivity index (χ0n) is 17.5. The van der Waals surface area contributed by atoms with Crippen LogP contribution in [-0.2, 0) is 0 Å². The van der Waals surface area contributed by atoms with Crippen LogP contribution in [0.15, 0.2) is 48.5 Å². The summed E-state index contributed by atoms with van der Waals surface area (Å²) in [6, 6.07) is 14.1. The highest BCUT2D eigenvalue weighted by molar-refractivity contribution is 5.89. The van der Waals surface area contributed by atoms with E-state index in [1.54, 1.807) is 24.3 Å². The topological polar surface area (TPSA) is 101 Å². The standard InChI is InChI=1S/C22H30N4O4/c1-3-23-21(27)25-17-7-11-19(12-8-17)29-15-5-6-16-30-20-13-9-18(10-14-20)26-22(28)24-4-2/h7-14H,3-6,15-16H2,1-2H3,(H2,23,25,27)(H2,24,26,28). The Bertz CT molecular complexity index is 711. The van der Waals surface area contributed by atoms with Gasteiger partial charge in [-0.15, -0.1) is 0 Å². The van der Waals surface area contributed by atoms with Crippen LogP contribution in [0.1, 0.15) is 26.7 Å². The van der Waals surface area contributed by atoms with Crippen LogP contribution < -0.4 is 30.7 Å². The fourth-order valence-corrected chi connectivity index (χ4v) is 2.52. The molecule has 0 spiro atoms. The van der Waals surface area contributed by atoms with Gasteiger partial charge in [0.25, 0.3) is 0 Å². The van der Waals surface area contributed by atoms with Gasteiger partial charge in [-0.05, 0) is 75.2 Å². The van der Waals surface area contributed by atoms with Crippen LogP contribution in [0.2, 0.25) is 0 Å². The summed E-state index contributed by atoms with van der Waals surface area (Å²) in [5.74, 6) is 1.51.